The van der Waals surface area contributed by atoms with E-state index in [1.807, 2.05) is 24.3 Å². The lowest BCUT2D eigenvalue weighted by atomic mass is 10.1. The third-order valence-corrected chi connectivity index (χ3v) is 2.19. The van der Waals surface area contributed by atoms with Gasteiger partial charge in [0.2, 0.25) is 0 Å². The Labute approximate surface area is 80.3 Å². The number of amides is 1. The molecule has 0 aliphatic rings. The van der Waals surface area contributed by atoms with Crippen LogP contribution in [0.25, 0.3) is 10.9 Å². The first-order valence-corrected chi connectivity index (χ1v) is 4.23. The highest BCUT2D eigenvalue weighted by atomic mass is 16.3. The number of fused-ring (bicyclic) bond motifs is 1. The zero-order chi connectivity index (χ0) is 10.1. The summed E-state index contributed by atoms with van der Waals surface area (Å²) in [6.45, 7) is 0. The molecule has 1 amide bonds. The van der Waals surface area contributed by atoms with E-state index in [-0.39, 0.29) is 0 Å². The quantitative estimate of drug-likeness (QED) is 0.651. The van der Waals surface area contributed by atoms with E-state index in [2.05, 4.69) is 4.98 Å². The molecule has 0 bridgehead atoms. The van der Waals surface area contributed by atoms with Gasteiger partial charge in [0, 0.05) is 22.7 Å². The number of carbonyl (C=O) groups is 1. The number of aliphatic hydroxyl groups is 1. The van der Waals surface area contributed by atoms with Crippen molar-refractivity contribution in [3.8, 4) is 0 Å². The van der Waals surface area contributed by atoms with Crippen LogP contribution in [0.5, 0.6) is 0 Å². The zero-order valence-electron chi connectivity index (χ0n) is 7.40. The minimum absolute atomic E-state index is 0.521. The second-order valence-electron chi connectivity index (χ2n) is 3.09. The average Bonchev–Trinajstić information content (AvgIpc) is 2.60. The van der Waals surface area contributed by atoms with Crippen molar-refractivity contribution in [2.45, 2.75) is 6.10 Å². The summed E-state index contributed by atoms with van der Waals surface area (Å²) < 4.78 is 0. The van der Waals surface area contributed by atoms with Crippen LogP contribution in [0.2, 0.25) is 0 Å². The molecule has 4 nitrogen and oxygen atoms in total. The van der Waals surface area contributed by atoms with Crippen molar-refractivity contribution >= 4 is 16.8 Å². The van der Waals surface area contributed by atoms with Gasteiger partial charge in [-0.1, -0.05) is 18.2 Å². The van der Waals surface area contributed by atoms with Gasteiger partial charge in [0.1, 0.15) is 0 Å². The smallest absolute Gasteiger partial charge is 0.250 e. The molecule has 4 N–H and O–H groups in total. The van der Waals surface area contributed by atoms with Crippen LogP contribution in [-0.4, -0.2) is 16.0 Å². The van der Waals surface area contributed by atoms with Crippen LogP contribution in [0.3, 0.4) is 0 Å². The average molecular weight is 190 g/mol. The molecule has 14 heavy (non-hydrogen) atoms. The van der Waals surface area contributed by atoms with Crippen LogP contribution in [0.15, 0.2) is 30.5 Å². The van der Waals surface area contributed by atoms with Gasteiger partial charge in [-0.05, 0) is 6.07 Å². The molecule has 2 aromatic rings. The molecule has 1 heterocycles. The number of para-hydroxylation sites is 1. The number of nitrogens with two attached hydrogens (primary N) is 1. The van der Waals surface area contributed by atoms with Crippen LogP contribution < -0.4 is 5.73 Å². The lowest BCUT2D eigenvalue weighted by Crippen LogP contribution is -2.20. The highest BCUT2D eigenvalue weighted by molar-refractivity contribution is 5.90. The molecule has 0 radical (unpaired) electrons. The summed E-state index contributed by atoms with van der Waals surface area (Å²) in [5, 5.41) is 10.3. The van der Waals surface area contributed by atoms with Crippen molar-refractivity contribution < 1.29 is 9.90 Å². The lowest BCUT2D eigenvalue weighted by molar-refractivity contribution is -0.126. The van der Waals surface area contributed by atoms with Gasteiger partial charge in [-0.2, -0.15) is 0 Å². The molecular formula is C10H10N2O2. The number of primary amides is 1. The monoisotopic (exact) mass is 190 g/mol. The van der Waals surface area contributed by atoms with E-state index in [1.165, 1.54) is 0 Å². The van der Waals surface area contributed by atoms with Crippen molar-refractivity contribution in [1.29, 1.82) is 0 Å². The highest BCUT2D eigenvalue weighted by Crippen LogP contribution is 2.23. The van der Waals surface area contributed by atoms with Gasteiger partial charge in [0.05, 0.1) is 0 Å². The van der Waals surface area contributed by atoms with Gasteiger partial charge < -0.3 is 15.8 Å². The third-order valence-electron chi connectivity index (χ3n) is 2.19. The fourth-order valence-corrected chi connectivity index (χ4v) is 1.47. The van der Waals surface area contributed by atoms with Crippen LogP contribution in [0.1, 0.15) is 11.7 Å². The second-order valence-corrected chi connectivity index (χ2v) is 3.09. The number of nitrogens with one attached hydrogen (secondary N) is 1. The standard InChI is InChI=1S/C10H10N2O2/c11-10(14)9(13)7-5-12-8-4-2-1-3-6(7)8/h1-5,9,12-13H,(H2,11,14)/t9-/m1/s1. The number of rotatable bonds is 2. The summed E-state index contributed by atoms with van der Waals surface area (Å²) in [6, 6.07) is 7.41. The first-order chi connectivity index (χ1) is 6.70. The molecule has 0 aliphatic heterocycles. The summed E-state index contributed by atoms with van der Waals surface area (Å²) in [4.78, 5) is 13.8. The molecule has 4 heteroatoms. The Morgan fingerprint density at radius 1 is 1.43 bits per heavy atom. The van der Waals surface area contributed by atoms with Gasteiger partial charge in [-0.3, -0.25) is 4.79 Å². The number of H-pyrrole nitrogens is 1. The van der Waals surface area contributed by atoms with Gasteiger partial charge in [-0.25, -0.2) is 0 Å². The van der Waals surface area contributed by atoms with Gasteiger partial charge in [0.15, 0.2) is 6.10 Å². The minimum atomic E-state index is -1.24. The maximum absolute atomic E-state index is 10.8. The maximum atomic E-state index is 10.8. The second kappa shape index (κ2) is 3.16. The van der Waals surface area contributed by atoms with E-state index in [0.29, 0.717) is 5.56 Å². The number of carbonyl (C=O) groups excluding carboxylic acids is 1. The molecule has 0 spiro atoms. The van der Waals surface area contributed by atoms with E-state index in [4.69, 9.17) is 5.73 Å². The molecule has 72 valence electrons. The lowest BCUT2D eigenvalue weighted by Gasteiger charge is -2.03. The number of hydrogen-bond acceptors (Lipinski definition) is 2. The number of benzene rings is 1. The predicted molar refractivity (Wildman–Crippen MR) is 52.5 cm³/mol. The number of aromatic nitrogens is 1. The van der Waals surface area contributed by atoms with Crippen molar-refractivity contribution in [2.75, 3.05) is 0 Å². The van der Waals surface area contributed by atoms with Crippen LogP contribution in [0, 0.1) is 0 Å². The van der Waals surface area contributed by atoms with E-state index in [1.54, 1.807) is 6.20 Å². The normalized spacial score (nSPS) is 12.9. The Kier molecular flexibility index (Phi) is 1.98. The van der Waals surface area contributed by atoms with E-state index < -0.39 is 12.0 Å². The summed E-state index contributed by atoms with van der Waals surface area (Å²) in [6.07, 6.45) is 0.353. The Morgan fingerprint density at radius 2 is 2.14 bits per heavy atom. The zero-order valence-corrected chi connectivity index (χ0v) is 7.40. The van der Waals surface area contributed by atoms with E-state index in [0.717, 1.165) is 10.9 Å². The molecule has 1 aromatic heterocycles. The molecular weight excluding hydrogens is 180 g/mol. The van der Waals surface area contributed by atoms with Crippen molar-refractivity contribution in [3.05, 3.63) is 36.0 Å². The molecule has 0 fully saturated rings. The van der Waals surface area contributed by atoms with Gasteiger partial charge in [0.25, 0.3) is 5.91 Å². The number of aromatic amines is 1. The molecule has 2 rings (SSSR count). The first-order valence-electron chi connectivity index (χ1n) is 4.23. The molecule has 1 atom stereocenters. The predicted octanol–water partition coefficient (Wildman–Crippen LogP) is 0.687. The summed E-state index contributed by atoms with van der Waals surface area (Å²) in [7, 11) is 0. The SMILES string of the molecule is NC(=O)[C@H](O)c1c[nH]c2ccccc12. The largest absolute Gasteiger partial charge is 0.378 e. The maximum Gasteiger partial charge on any atom is 0.250 e. The highest BCUT2D eigenvalue weighted by Gasteiger charge is 2.17. The van der Waals surface area contributed by atoms with Crippen molar-refractivity contribution in [2.24, 2.45) is 5.73 Å². The molecule has 0 unspecified atom stereocenters. The number of hydrogen-bond donors (Lipinski definition) is 3. The minimum Gasteiger partial charge on any atom is -0.378 e. The molecule has 0 saturated carbocycles. The Morgan fingerprint density at radius 3 is 2.86 bits per heavy atom. The van der Waals surface area contributed by atoms with Crippen LogP contribution in [-0.2, 0) is 4.79 Å². The fraction of sp³-hybridized carbons (Fsp3) is 0.100. The van der Waals surface area contributed by atoms with Gasteiger partial charge >= 0.3 is 0 Å². The van der Waals surface area contributed by atoms with Crippen LogP contribution >= 0.6 is 0 Å². The molecule has 0 saturated heterocycles. The third kappa shape index (κ3) is 1.25. The first kappa shape index (κ1) is 8.77. The Bertz CT molecular complexity index is 476. The summed E-state index contributed by atoms with van der Waals surface area (Å²) in [5.41, 5.74) is 6.41. The Balaban J connectivity index is 2.58. The Hall–Kier alpha value is -1.81. The summed E-state index contributed by atoms with van der Waals surface area (Å²) >= 11 is 0. The topological polar surface area (TPSA) is 79.1 Å². The van der Waals surface area contributed by atoms with Crippen molar-refractivity contribution in [3.63, 3.8) is 0 Å². The molecule has 0 aliphatic carbocycles. The summed E-state index contributed by atoms with van der Waals surface area (Å²) in [5.74, 6) is -0.741. The molecule has 1 aromatic carbocycles. The van der Waals surface area contributed by atoms with Gasteiger partial charge in [-0.15, -0.1) is 0 Å². The number of aliphatic hydroxyl groups excluding tert-OH is 1. The van der Waals surface area contributed by atoms with E-state index >= 15 is 0 Å². The fourth-order valence-electron chi connectivity index (χ4n) is 1.47. The van der Waals surface area contributed by atoms with E-state index in [9.17, 15) is 9.90 Å². The van der Waals surface area contributed by atoms with Crippen LogP contribution in [0.4, 0.5) is 0 Å². The van der Waals surface area contributed by atoms with Crippen molar-refractivity contribution in [1.82, 2.24) is 4.98 Å².